The van der Waals surface area contributed by atoms with Gasteiger partial charge in [0.25, 0.3) is 0 Å². The molecule has 2 rings (SSSR count). The first kappa shape index (κ1) is 14.5. The predicted molar refractivity (Wildman–Crippen MR) is 78.3 cm³/mol. The summed E-state index contributed by atoms with van der Waals surface area (Å²) in [4.78, 5) is 4.57. The Labute approximate surface area is 116 Å². The van der Waals surface area contributed by atoms with Gasteiger partial charge in [0, 0.05) is 37.6 Å². The first-order valence-electron chi connectivity index (χ1n) is 7.56. The molecule has 0 radical (unpaired) electrons. The normalized spacial score (nSPS) is 20.6. The van der Waals surface area contributed by atoms with Gasteiger partial charge in [0.1, 0.15) is 0 Å². The van der Waals surface area contributed by atoms with Crippen LogP contribution in [0.3, 0.4) is 0 Å². The molecular formula is C16H26N2O. The third-order valence-electron chi connectivity index (χ3n) is 3.88. The summed E-state index contributed by atoms with van der Waals surface area (Å²) < 4.78 is 5.47. The molecule has 3 nitrogen and oxygen atoms in total. The van der Waals surface area contributed by atoms with Crippen LogP contribution in [-0.2, 0) is 17.6 Å². The van der Waals surface area contributed by atoms with E-state index in [1.807, 2.05) is 6.20 Å². The summed E-state index contributed by atoms with van der Waals surface area (Å²) in [7, 11) is 0. The summed E-state index contributed by atoms with van der Waals surface area (Å²) in [6, 6.07) is 4.90. The molecule has 1 N–H and O–H groups in total. The zero-order valence-corrected chi connectivity index (χ0v) is 12.2. The number of aromatic nitrogens is 1. The standard InChI is InChI=1S/C16H26N2O/c1-3-13-5-6-15(18-11-13)10-16(17-4-2)9-14-7-8-19-12-14/h5-6,11,14,16-17H,3-4,7-10,12H2,1-2H3. The molecule has 1 aromatic heterocycles. The number of hydrogen-bond donors (Lipinski definition) is 1. The van der Waals surface area contributed by atoms with E-state index in [9.17, 15) is 0 Å². The van der Waals surface area contributed by atoms with Crippen LogP contribution in [0.25, 0.3) is 0 Å². The zero-order chi connectivity index (χ0) is 13.5. The van der Waals surface area contributed by atoms with E-state index < -0.39 is 0 Å². The van der Waals surface area contributed by atoms with Crippen LogP contribution in [0.1, 0.15) is 37.9 Å². The number of rotatable bonds is 7. The van der Waals surface area contributed by atoms with Gasteiger partial charge in [0.2, 0.25) is 0 Å². The predicted octanol–water partition coefficient (Wildman–Crippen LogP) is 2.59. The van der Waals surface area contributed by atoms with Crippen LogP contribution >= 0.6 is 0 Å². The maximum atomic E-state index is 5.47. The summed E-state index contributed by atoms with van der Waals surface area (Å²) in [5.41, 5.74) is 2.51. The average Bonchev–Trinajstić information content (AvgIpc) is 2.93. The van der Waals surface area contributed by atoms with E-state index in [4.69, 9.17) is 4.74 Å². The highest BCUT2D eigenvalue weighted by molar-refractivity contribution is 5.14. The van der Waals surface area contributed by atoms with Gasteiger partial charge in [-0.1, -0.05) is 19.9 Å². The summed E-state index contributed by atoms with van der Waals surface area (Å²) in [5.74, 6) is 0.721. The minimum absolute atomic E-state index is 0.525. The minimum atomic E-state index is 0.525. The number of nitrogens with one attached hydrogen (secondary N) is 1. The number of pyridine rings is 1. The lowest BCUT2D eigenvalue weighted by Gasteiger charge is -2.20. The van der Waals surface area contributed by atoms with Crippen molar-refractivity contribution < 1.29 is 4.74 Å². The lowest BCUT2D eigenvalue weighted by molar-refractivity contribution is 0.181. The highest BCUT2D eigenvalue weighted by atomic mass is 16.5. The van der Waals surface area contributed by atoms with Crippen LogP contribution < -0.4 is 5.32 Å². The van der Waals surface area contributed by atoms with Gasteiger partial charge in [-0.15, -0.1) is 0 Å². The van der Waals surface area contributed by atoms with E-state index >= 15 is 0 Å². The maximum Gasteiger partial charge on any atom is 0.0495 e. The van der Waals surface area contributed by atoms with Crippen LogP contribution in [0.4, 0.5) is 0 Å². The second-order valence-corrected chi connectivity index (χ2v) is 5.44. The topological polar surface area (TPSA) is 34.2 Å². The summed E-state index contributed by atoms with van der Waals surface area (Å²) in [6.07, 6.45) is 6.50. The second-order valence-electron chi connectivity index (χ2n) is 5.44. The van der Waals surface area contributed by atoms with Crippen LogP contribution in [0, 0.1) is 5.92 Å². The first-order chi connectivity index (χ1) is 9.31. The fourth-order valence-corrected chi connectivity index (χ4v) is 2.74. The average molecular weight is 262 g/mol. The molecule has 0 aliphatic carbocycles. The lowest BCUT2D eigenvalue weighted by atomic mass is 9.96. The number of ether oxygens (including phenoxy) is 1. The Morgan fingerprint density at radius 3 is 2.89 bits per heavy atom. The molecule has 2 heterocycles. The minimum Gasteiger partial charge on any atom is -0.381 e. The van der Waals surface area contributed by atoms with E-state index in [0.29, 0.717) is 6.04 Å². The Kier molecular flexibility index (Phi) is 5.80. The first-order valence-corrected chi connectivity index (χ1v) is 7.56. The molecule has 0 bridgehead atoms. The molecule has 106 valence electrons. The van der Waals surface area contributed by atoms with Crippen LogP contribution in [0.5, 0.6) is 0 Å². The molecule has 2 atom stereocenters. The Hall–Kier alpha value is -0.930. The van der Waals surface area contributed by atoms with Gasteiger partial charge in [0.15, 0.2) is 0 Å². The maximum absolute atomic E-state index is 5.47. The molecule has 3 heteroatoms. The zero-order valence-electron chi connectivity index (χ0n) is 12.2. The third kappa shape index (κ3) is 4.59. The molecule has 0 aromatic carbocycles. The highest BCUT2D eigenvalue weighted by Crippen LogP contribution is 2.19. The molecule has 2 unspecified atom stereocenters. The summed E-state index contributed by atoms with van der Waals surface area (Å²) in [6.45, 7) is 7.23. The number of nitrogens with zero attached hydrogens (tertiary/aromatic N) is 1. The number of likely N-dealkylation sites (N-methyl/N-ethyl adjacent to an activating group) is 1. The fraction of sp³-hybridized carbons (Fsp3) is 0.688. The number of aryl methyl sites for hydroxylation is 1. The van der Waals surface area contributed by atoms with Gasteiger partial charge in [-0.2, -0.15) is 0 Å². The molecule has 0 saturated carbocycles. The Morgan fingerprint density at radius 2 is 2.32 bits per heavy atom. The van der Waals surface area contributed by atoms with Crippen LogP contribution in [-0.4, -0.2) is 30.8 Å². The van der Waals surface area contributed by atoms with Gasteiger partial charge in [-0.25, -0.2) is 0 Å². The largest absolute Gasteiger partial charge is 0.381 e. The van der Waals surface area contributed by atoms with Gasteiger partial charge < -0.3 is 10.1 Å². The summed E-state index contributed by atoms with van der Waals surface area (Å²) >= 11 is 0. The SMILES string of the molecule is CCNC(Cc1ccc(CC)cn1)CC1CCOC1. The fourth-order valence-electron chi connectivity index (χ4n) is 2.74. The monoisotopic (exact) mass is 262 g/mol. The van der Waals surface area contributed by atoms with Crippen molar-refractivity contribution in [3.8, 4) is 0 Å². The van der Waals surface area contributed by atoms with Crippen molar-refractivity contribution in [2.24, 2.45) is 5.92 Å². The van der Waals surface area contributed by atoms with Crippen molar-refractivity contribution in [2.75, 3.05) is 19.8 Å². The van der Waals surface area contributed by atoms with Crippen molar-refractivity contribution in [3.05, 3.63) is 29.6 Å². The van der Waals surface area contributed by atoms with Crippen molar-refractivity contribution in [1.29, 1.82) is 0 Å². The lowest BCUT2D eigenvalue weighted by Crippen LogP contribution is -2.33. The quantitative estimate of drug-likeness (QED) is 0.820. The van der Waals surface area contributed by atoms with Gasteiger partial charge in [-0.3, -0.25) is 4.98 Å². The van der Waals surface area contributed by atoms with Gasteiger partial charge in [-0.05, 0) is 43.4 Å². The molecule has 0 spiro atoms. The third-order valence-corrected chi connectivity index (χ3v) is 3.88. The van der Waals surface area contributed by atoms with Crippen LogP contribution in [0.15, 0.2) is 18.3 Å². The molecule has 1 aliphatic rings. The van der Waals surface area contributed by atoms with E-state index in [1.54, 1.807) is 0 Å². The van der Waals surface area contributed by atoms with Crippen molar-refractivity contribution in [2.45, 2.75) is 45.6 Å². The molecule has 19 heavy (non-hydrogen) atoms. The van der Waals surface area contributed by atoms with Crippen molar-refractivity contribution in [1.82, 2.24) is 10.3 Å². The van der Waals surface area contributed by atoms with Gasteiger partial charge in [0.05, 0.1) is 0 Å². The van der Waals surface area contributed by atoms with E-state index in [-0.39, 0.29) is 0 Å². The van der Waals surface area contributed by atoms with E-state index in [0.717, 1.165) is 38.5 Å². The molecule has 0 amide bonds. The molecule has 1 aromatic rings. The summed E-state index contributed by atoms with van der Waals surface area (Å²) in [5, 5.41) is 3.59. The molecular weight excluding hydrogens is 236 g/mol. The van der Waals surface area contributed by atoms with E-state index in [1.165, 1.54) is 24.1 Å². The van der Waals surface area contributed by atoms with Crippen LogP contribution in [0.2, 0.25) is 0 Å². The molecule has 1 aliphatic heterocycles. The highest BCUT2D eigenvalue weighted by Gasteiger charge is 2.20. The molecule has 1 fully saturated rings. The number of hydrogen-bond acceptors (Lipinski definition) is 3. The van der Waals surface area contributed by atoms with Crippen molar-refractivity contribution >= 4 is 0 Å². The Morgan fingerprint density at radius 1 is 1.42 bits per heavy atom. The van der Waals surface area contributed by atoms with Crippen molar-refractivity contribution in [3.63, 3.8) is 0 Å². The van der Waals surface area contributed by atoms with E-state index in [2.05, 4.69) is 36.3 Å². The smallest absolute Gasteiger partial charge is 0.0495 e. The Bertz CT molecular complexity index is 358. The van der Waals surface area contributed by atoms with Gasteiger partial charge >= 0.3 is 0 Å². The Balaban J connectivity index is 1.90. The molecule has 1 saturated heterocycles. The second kappa shape index (κ2) is 7.61.